The van der Waals surface area contributed by atoms with Crippen molar-refractivity contribution >= 4 is 11.7 Å². The molecule has 1 amide bonds. The lowest BCUT2D eigenvalue weighted by atomic mass is 9.98. The highest BCUT2D eigenvalue weighted by atomic mass is 16.5. The van der Waals surface area contributed by atoms with Gasteiger partial charge in [0.15, 0.2) is 0 Å². The molecule has 6 nitrogen and oxygen atoms in total. The normalized spacial score (nSPS) is 21.9. The van der Waals surface area contributed by atoms with Crippen LogP contribution in [0.25, 0.3) is 0 Å². The molecule has 1 aliphatic heterocycles. The maximum Gasteiger partial charge on any atom is 0.272 e. The van der Waals surface area contributed by atoms with E-state index in [-0.39, 0.29) is 17.1 Å². The van der Waals surface area contributed by atoms with Crippen molar-refractivity contribution in [1.82, 2.24) is 15.1 Å². The van der Waals surface area contributed by atoms with E-state index in [2.05, 4.69) is 10.2 Å². The average Bonchev–Trinajstić information content (AvgIpc) is 2.58. The first kappa shape index (κ1) is 12.9. The summed E-state index contributed by atoms with van der Waals surface area (Å²) < 4.78 is 5.94. The van der Waals surface area contributed by atoms with Crippen LogP contribution < -0.4 is 5.73 Å². The molecule has 0 bridgehead atoms. The predicted molar refractivity (Wildman–Crippen MR) is 68.1 cm³/mol. The van der Waals surface area contributed by atoms with E-state index in [1.807, 2.05) is 27.7 Å². The van der Waals surface area contributed by atoms with Gasteiger partial charge in [-0.3, -0.25) is 9.89 Å². The Labute approximate surface area is 106 Å². The van der Waals surface area contributed by atoms with Crippen molar-refractivity contribution in [2.24, 2.45) is 0 Å². The Morgan fingerprint density at radius 3 is 2.39 bits per heavy atom. The minimum absolute atomic E-state index is 0.0938. The van der Waals surface area contributed by atoms with E-state index in [0.717, 1.165) is 0 Å². The number of morpholine rings is 1. The van der Waals surface area contributed by atoms with Crippen LogP contribution >= 0.6 is 0 Å². The summed E-state index contributed by atoms with van der Waals surface area (Å²) >= 11 is 0. The van der Waals surface area contributed by atoms with Gasteiger partial charge in [-0.2, -0.15) is 5.10 Å². The van der Waals surface area contributed by atoms with E-state index in [9.17, 15) is 4.79 Å². The first-order valence-electron chi connectivity index (χ1n) is 5.99. The van der Waals surface area contributed by atoms with E-state index < -0.39 is 0 Å². The van der Waals surface area contributed by atoms with Gasteiger partial charge in [-0.1, -0.05) is 0 Å². The molecule has 0 unspecified atom stereocenters. The third-order valence-electron chi connectivity index (χ3n) is 2.81. The number of anilines is 1. The van der Waals surface area contributed by atoms with Gasteiger partial charge in [-0.15, -0.1) is 0 Å². The van der Waals surface area contributed by atoms with Crippen molar-refractivity contribution < 1.29 is 9.53 Å². The topological polar surface area (TPSA) is 84.2 Å². The SMILES string of the molecule is CC1(C)CN(C(=O)c2cc(N)n[nH]2)CC(C)(C)O1. The monoisotopic (exact) mass is 252 g/mol. The molecule has 1 aliphatic rings. The Hall–Kier alpha value is -1.56. The largest absolute Gasteiger partial charge is 0.382 e. The Kier molecular flexibility index (Phi) is 2.85. The lowest BCUT2D eigenvalue weighted by Crippen LogP contribution is -2.58. The van der Waals surface area contributed by atoms with Crippen LogP contribution in [0, 0.1) is 0 Å². The third-order valence-corrected chi connectivity index (χ3v) is 2.81. The summed E-state index contributed by atoms with van der Waals surface area (Å²) in [6, 6.07) is 1.55. The van der Waals surface area contributed by atoms with Gasteiger partial charge in [0.1, 0.15) is 11.5 Å². The Morgan fingerprint density at radius 2 is 1.94 bits per heavy atom. The molecule has 1 saturated heterocycles. The summed E-state index contributed by atoms with van der Waals surface area (Å²) in [5.41, 5.74) is 5.22. The smallest absolute Gasteiger partial charge is 0.272 e. The fourth-order valence-corrected chi connectivity index (χ4v) is 2.55. The van der Waals surface area contributed by atoms with Crippen LogP contribution in [0.2, 0.25) is 0 Å². The summed E-state index contributed by atoms with van der Waals surface area (Å²) in [5, 5.41) is 6.43. The molecule has 0 saturated carbocycles. The van der Waals surface area contributed by atoms with E-state index in [4.69, 9.17) is 10.5 Å². The number of hydrogen-bond acceptors (Lipinski definition) is 4. The second kappa shape index (κ2) is 3.98. The molecule has 6 heteroatoms. The maximum atomic E-state index is 12.3. The number of hydrogen-bond donors (Lipinski definition) is 2. The molecule has 100 valence electrons. The van der Waals surface area contributed by atoms with E-state index in [1.54, 1.807) is 11.0 Å². The number of nitrogen functional groups attached to an aromatic ring is 1. The minimum Gasteiger partial charge on any atom is -0.382 e. The Balaban J connectivity index is 2.20. The van der Waals surface area contributed by atoms with Crippen LogP contribution in [0.1, 0.15) is 38.2 Å². The van der Waals surface area contributed by atoms with Gasteiger partial charge in [0.2, 0.25) is 0 Å². The number of H-pyrrole nitrogens is 1. The zero-order valence-corrected chi connectivity index (χ0v) is 11.3. The average molecular weight is 252 g/mol. The number of nitrogens with one attached hydrogen (secondary N) is 1. The number of rotatable bonds is 1. The Bertz CT molecular complexity index is 448. The van der Waals surface area contributed by atoms with Crippen LogP contribution in [0.15, 0.2) is 6.07 Å². The van der Waals surface area contributed by atoms with Gasteiger partial charge in [0.25, 0.3) is 5.91 Å². The van der Waals surface area contributed by atoms with Crippen LogP contribution in [0.3, 0.4) is 0 Å². The van der Waals surface area contributed by atoms with Gasteiger partial charge >= 0.3 is 0 Å². The number of nitrogens with zero attached hydrogens (tertiary/aromatic N) is 2. The highest BCUT2D eigenvalue weighted by molar-refractivity contribution is 5.93. The fourth-order valence-electron chi connectivity index (χ4n) is 2.55. The molecule has 1 aromatic heterocycles. The first-order chi connectivity index (χ1) is 8.19. The second-order valence-corrected chi connectivity index (χ2v) is 5.99. The molecule has 1 aromatic rings. The third kappa shape index (κ3) is 2.64. The number of aromatic nitrogens is 2. The van der Waals surface area contributed by atoms with Crippen molar-refractivity contribution in [3.8, 4) is 0 Å². The molecule has 0 radical (unpaired) electrons. The Morgan fingerprint density at radius 1 is 1.39 bits per heavy atom. The van der Waals surface area contributed by atoms with Crippen LogP contribution in [0.5, 0.6) is 0 Å². The standard InChI is InChI=1S/C12H20N4O2/c1-11(2)6-16(7-12(3,4)18-11)10(17)8-5-9(13)15-14-8/h5H,6-7H2,1-4H3,(H3,13,14,15). The van der Waals surface area contributed by atoms with Gasteiger partial charge < -0.3 is 15.4 Å². The zero-order valence-electron chi connectivity index (χ0n) is 11.3. The summed E-state index contributed by atoms with van der Waals surface area (Å²) in [7, 11) is 0. The predicted octanol–water partition coefficient (Wildman–Crippen LogP) is 1.02. The van der Waals surface area contributed by atoms with Crippen molar-refractivity contribution in [2.45, 2.75) is 38.9 Å². The van der Waals surface area contributed by atoms with Crippen LogP contribution in [-0.4, -0.2) is 45.3 Å². The summed E-state index contributed by atoms with van der Waals surface area (Å²) in [4.78, 5) is 14.1. The number of nitrogens with two attached hydrogens (primary N) is 1. The van der Waals surface area contributed by atoms with Crippen molar-refractivity contribution in [1.29, 1.82) is 0 Å². The second-order valence-electron chi connectivity index (χ2n) is 5.99. The lowest BCUT2D eigenvalue weighted by Gasteiger charge is -2.46. The van der Waals surface area contributed by atoms with Gasteiger partial charge in [0.05, 0.1) is 11.2 Å². The molecule has 0 aliphatic carbocycles. The molecule has 18 heavy (non-hydrogen) atoms. The molecule has 1 fully saturated rings. The number of carbonyl (C=O) groups excluding carboxylic acids is 1. The van der Waals surface area contributed by atoms with Gasteiger partial charge in [0, 0.05) is 19.2 Å². The molecule has 2 heterocycles. The molecule has 0 spiro atoms. The van der Waals surface area contributed by atoms with Crippen LogP contribution in [-0.2, 0) is 4.74 Å². The highest BCUT2D eigenvalue weighted by Crippen LogP contribution is 2.28. The van der Waals surface area contributed by atoms with E-state index >= 15 is 0 Å². The molecular formula is C12H20N4O2. The van der Waals surface area contributed by atoms with Crippen molar-refractivity contribution in [3.05, 3.63) is 11.8 Å². The van der Waals surface area contributed by atoms with Crippen molar-refractivity contribution in [3.63, 3.8) is 0 Å². The fraction of sp³-hybridized carbons (Fsp3) is 0.667. The molecule has 2 rings (SSSR count). The van der Waals surface area contributed by atoms with E-state index in [0.29, 0.717) is 24.6 Å². The number of ether oxygens (including phenoxy) is 1. The highest BCUT2D eigenvalue weighted by Gasteiger charge is 2.40. The van der Waals surface area contributed by atoms with E-state index in [1.165, 1.54) is 0 Å². The van der Waals surface area contributed by atoms with Gasteiger partial charge in [-0.05, 0) is 27.7 Å². The molecule has 0 aromatic carbocycles. The minimum atomic E-state index is -0.358. The van der Waals surface area contributed by atoms with Gasteiger partial charge in [-0.25, -0.2) is 0 Å². The summed E-state index contributed by atoms with van der Waals surface area (Å²) in [6.07, 6.45) is 0. The molecular weight excluding hydrogens is 232 g/mol. The zero-order chi connectivity index (χ0) is 13.6. The molecule has 3 N–H and O–H groups in total. The first-order valence-corrected chi connectivity index (χ1v) is 5.99. The van der Waals surface area contributed by atoms with Crippen molar-refractivity contribution in [2.75, 3.05) is 18.8 Å². The number of carbonyl (C=O) groups is 1. The number of aromatic amines is 1. The molecule has 0 atom stereocenters. The van der Waals surface area contributed by atoms with Crippen LogP contribution in [0.4, 0.5) is 5.82 Å². The quantitative estimate of drug-likeness (QED) is 0.781. The lowest BCUT2D eigenvalue weighted by molar-refractivity contribution is -0.171. The maximum absolute atomic E-state index is 12.3. The number of amides is 1. The summed E-state index contributed by atoms with van der Waals surface area (Å²) in [6.45, 7) is 9.03. The summed E-state index contributed by atoms with van der Waals surface area (Å²) in [5.74, 6) is 0.230.